The third kappa shape index (κ3) is 1.51. The zero-order valence-corrected chi connectivity index (χ0v) is 8.56. The summed E-state index contributed by atoms with van der Waals surface area (Å²) in [6.07, 6.45) is 6.04. The molecule has 0 spiro atoms. The van der Waals surface area contributed by atoms with E-state index in [4.69, 9.17) is 0 Å². The van der Waals surface area contributed by atoms with Crippen molar-refractivity contribution in [2.45, 2.75) is 18.8 Å². The topological polar surface area (TPSA) is 42.2 Å². The second-order valence-corrected chi connectivity index (χ2v) is 4.00. The Balaban J connectivity index is 2.05. The number of piperidine rings is 1. The predicted molar refractivity (Wildman–Crippen MR) is 57.8 cm³/mol. The molecule has 1 N–H and O–H groups in total. The van der Waals surface area contributed by atoms with E-state index < -0.39 is 0 Å². The lowest BCUT2D eigenvalue weighted by atomic mass is 9.97. The molecular weight excluding hydrogens is 188 g/mol. The molecule has 4 heteroatoms. The molecule has 3 heterocycles. The van der Waals surface area contributed by atoms with Gasteiger partial charge >= 0.3 is 0 Å². The number of hydrogen-bond donors (Lipinski definition) is 1. The Labute approximate surface area is 88.3 Å². The second kappa shape index (κ2) is 3.62. The van der Waals surface area contributed by atoms with Crippen molar-refractivity contribution in [3.8, 4) is 0 Å². The number of nitrogens with one attached hydrogen (secondary N) is 1. The molecule has 0 radical (unpaired) electrons. The molecule has 78 valence electrons. The summed E-state index contributed by atoms with van der Waals surface area (Å²) < 4.78 is 1.97. The Hall–Kier alpha value is -1.42. The molecule has 15 heavy (non-hydrogen) atoms. The van der Waals surface area contributed by atoms with Crippen LogP contribution < -0.4 is 5.32 Å². The predicted octanol–water partition coefficient (Wildman–Crippen LogP) is 1.20. The van der Waals surface area contributed by atoms with Gasteiger partial charge in [0.2, 0.25) is 0 Å². The van der Waals surface area contributed by atoms with Gasteiger partial charge in [0.15, 0.2) is 0 Å². The zero-order chi connectivity index (χ0) is 10.1. The smallest absolute Gasteiger partial charge is 0.133 e. The molecule has 0 amide bonds. The number of hydrogen-bond acceptors (Lipinski definition) is 3. The highest BCUT2D eigenvalue weighted by atomic mass is 15.2. The van der Waals surface area contributed by atoms with Crippen molar-refractivity contribution in [2.24, 2.45) is 0 Å². The maximum absolute atomic E-state index is 4.48. The van der Waals surface area contributed by atoms with E-state index in [1.165, 1.54) is 0 Å². The molecule has 4 nitrogen and oxygen atoms in total. The maximum atomic E-state index is 4.48. The number of aromatic nitrogens is 3. The SMILES string of the molecule is c1cc2ccnn2c(C2CCNCC2)n1. The molecule has 1 aliphatic heterocycles. The summed E-state index contributed by atoms with van der Waals surface area (Å²) in [5.74, 6) is 1.66. The van der Waals surface area contributed by atoms with Crippen LogP contribution in [0.5, 0.6) is 0 Å². The lowest BCUT2D eigenvalue weighted by molar-refractivity contribution is 0.438. The van der Waals surface area contributed by atoms with Gasteiger partial charge in [-0.15, -0.1) is 0 Å². The zero-order valence-electron chi connectivity index (χ0n) is 8.56. The number of fused-ring (bicyclic) bond motifs is 1. The van der Waals surface area contributed by atoms with Gasteiger partial charge in [-0.05, 0) is 38.1 Å². The molecule has 0 aliphatic carbocycles. The highest BCUT2D eigenvalue weighted by Crippen LogP contribution is 2.23. The van der Waals surface area contributed by atoms with Gasteiger partial charge in [0.25, 0.3) is 0 Å². The third-order valence-corrected chi connectivity index (χ3v) is 3.05. The molecule has 1 saturated heterocycles. The first-order chi connectivity index (χ1) is 7.45. The summed E-state index contributed by atoms with van der Waals surface area (Å²) in [4.78, 5) is 4.48. The lowest BCUT2D eigenvalue weighted by Crippen LogP contribution is -2.28. The van der Waals surface area contributed by atoms with Crippen LogP contribution in [0, 0.1) is 0 Å². The summed E-state index contributed by atoms with van der Waals surface area (Å²) >= 11 is 0. The van der Waals surface area contributed by atoms with Gasteiger partial charge in [-0.2, -0.15) is 5.10 Å². The normalized spacial score (nSPS) is 18.4. The summed E-state index contributed by atoms with van der Waals surface area (Å²) in [6, 6.07) is 4.02. The second-order valence-electron chi connectivity index (χ2n) is 4.00. The summed E-state index contributed by atoms with van der Waals surface area (Å²) in [5, 5.41) is 7.70. The third-order valence-electron chi connectivity index (χ3n) is 3.05. The van der Waals surface area contributed by atoms with Crippen molar-refractivity contribution < 1.29 is 0 Å². The largest absolute Gasteiger partial charge is 0.317 e. The summed E-state index contributed by atoms with van der Waals surface area (Å²) in [5.41, 5.74) is 1.14. The Kier molecular flexibility index (Phi) is 2.14. The first kappa shape index (κ1) is 8.85. The minimum atomic E-state index is 0.551. The van der Waals surface area contributed by atoms with Crippen LogP contribution in [0.2, 0.25) is 0 Å². The molecule has 0 unspecified atom stereocenters. The van der Waals surface area contributed by atoms with E-state index >= 15 is 0 Å². The fraction of sp³-hybridized carbons (Fsp3) is 0.455. The minimum Gasteiger partial charge on any atom is -0.317 e. The Morgan fingerprint density at radius 2 is 2.00 bits per heavy atom. The first-order valence-corrected chi connectivity index (χ1v) is 5.44. The van der Waals surface area contributed by atoms with E-state index in [0.29, 0.717) is 5.92 Å². The maximum Gasteiger partial charge on any atom is 0.133 e. The Morgan fingerprint density at radius 1 is 1.20 bits per heavy atom. The average molecular weight is 202 g/mol. The van der Waals surface area contributed by atoms with Crippen molar-refractivity contribution in [1.82, 2.24) is 19.9 Å². The van der Waals surface area contributed by atoms with E-state index in [0.717, 1.165) is 37.3 Å². The van der Waals surface area contributed by atoms with Crippen LogP contribution in [0.25, 0.3) is 5.52 Å². The van der Waals surface area contributed by atoms with E-state index in [1.807, 2.05) is 29.0 Å². The highest BCUT2D eigenvalue weighted by molar-refractivity contribution is 5.44. The standard InChI is InChI=1S/C11H14N4/c1-5-12-6-2-9(1)11-13-7-3-10-4-8-14-15(10)11/h3-4,7-9,12H,1-2,5-6H2. The molecule has 2 aromatic heterocycles. The van der Waals surface area contributed by atoms with Gasteiger partial charge in [0.05, 0.1) is 11.7 Å². The fourth-order valence-electron chi connectivity index (χ4n) is 2.23. The fourth-order valence-corrected chi connectivity index (χ4v) is 2.23. The number of rotatable bonds is 1. The lowest BCUT2D eigenvalue weighted by Gasteiger charge is -2.22. The van der Waals surface area contributed by atoms with Crippen LogP contribution in [-0.4, -0.2) is 27.7 Å². The van der Waals surface area contributed by atoms with Gasteiger partial charge in [0.1, 0.15) is 5.82 Å². The molecule has 3 rings (SSSR count). The van der Waals surface area contributed by atoms with Gasteiger partial charge in [-0.3, -0.25) is 0 Å². The Bertz CT molecular complexity index is 456. The molecular formula is C11H14N4. The molecule has 0 saturated carbocycles. The van der Waals surface area contributed by atoms with Crippen LogP contribution in [-0.2, 0) is 0 Å². The van der Waals surface area contributed by atoms with Crippen molar-refractivity contribution >= 4 is 5.52 Å². The van der Waals surface area contributed by atoms with E-state index in [-0.39, 0.29) is 0 Å². The first-order valence-electron chi connectivity index (χ1n) is 5.44. The van der Waals surface area contributed by atoms with Crippen LogP contribution in [0.4, 0.5) is 0 Å². The summed E-state index contributed by atoms with van der Waals surface area (Å²) in [6.45, 7) is 2.17. The summed E-state index contributed by atoms with van der Waals surface area (Å²) in [7, 11) is 0. The van der Waals surface area contributed by atoms with Crippen LogP contribution in [0.15, 0.2) is 24.5 Å². The minimum absolute atomic E-state index is 0.551. The molecule has 0 bridgehead atoms. The molecule has 0 aromatic carbocycles. The van der Waals surface area contributed by atoms with Gasteiger partial charge in [-0.25, -0.2) is 9.50 Å². The van der Waals surface area contributed by atoms with Crippen molar-refractivity contribution in [3.05, 3.63) is 30.4 Å². The van der Waals surface area contributed by atoms with Gasteiger partial charge in [0, 0.05) is 12.1 Å². The number of nitrogens with zero attached hydrogens (tertiary/aromatic N) is 3. The Morgan fingerprint density at radius 3 is 2.87 bits per heavy atom. The van der Waals surface area contributed by atoms with E-state index in [2.05, 4.69) is 15.4 Å². The van der Waals surface area contributed by atoms with Crippen molar-refractivity contribution in [3.63, 3.8) is 0 Å². The van der Waals surface area contributed by atoms with E-state index in [9.17, 15) is 0 Å². The van der Waals surface area contributed by atoms with Crippen molar-refractivity contribution in [2.75, 3.05) is 13.1 Å². The monoisotopic (exact) mass is 202 g/mol. The van der Waals surface area contributed by atoms with Crippen molar-refractivity contribution in [1.29, 1.82) is 0 Å². The molecule has 2 aromatic rings. The molecule has 0 atom stereocenters. The van der Waals surface area contributed by atoms with Crippen LogP contribution >= 0.6 is 0 Å². The van der Waals surface area contributed by atoms with Gasteiger partial charge in [-0.1, -0.05) is 0 Å². The average Bonchev–Trinajstić information content (AvgIpc) is 2.78. The molecule has 1 fully saturated rings. The van der Waals surface area contributed by atoms with Gasteiger partial charge < -0.3 is 5.32 Å². The highest BCUT2D eigenvalue weighted by Gasteiger charge is 2.19. The van der Waals surface area contributed by atoms with E-state index in [1.54, 1.807) is 0 Å². The van der Waals surface area contributed by atoms with Crippen LogP contribution in [0.1, 0.15) is 24.6 Å². The molecule has 1 aliphatic rings. The van der Waals surface area contributed by atoms with Crippen LogP contribution in [0.3, 0.4) is 0 Å². The quantitative estimate of drug-likeness (QED) is 0.755.